The number of nitrogen functional groups attached to an aromatic ring is 1. The molecule has 1 aliphatic rings. The van der Waals surface area contributed by atoms with E-state index < -0.39 is 0 Å². The molecule has 1 aromatic rings. The maximum absolute atomic E-state index is 5.48. The van der Waals surface area contributed by atoms with Crippen LogP contribution < -0.4 is 11.3 Å². The van der Waals surface area contributed by atoms with Crippen LogP contribution in [0, 0.1) is 0 Å². The number of hydrazine groups is 1. The third-order valence-electron chi connectivity index (χ3n) is 3.02. The van der Waals surface area contributed by atoms with Gasteiger partial charge in [0, 0.05) is 18.6 Å². The first-order valence-corrected chi connectivity index (χ1v) is 5.72. The van der Waals surface area contributed by atoms with Gasteiger partial charge in [-0.25, -0.2) is 10.8 Å². The number of hydrogen-bond donors (Lipinski definition) is 2. The number of anilines is 1. The van der Waals surface area contributed by atoms with Gasteiger partial charge in [0.25, 0.3) is 0 Å². The third-order valence-corrected chi connectivity index (χ3v) is 3.02. The largest absolute Gasteiger partial charge is 0.378 e. The molecule has 1 aromatic heterocycles. The van der Waals surface area contributed by atoms with Gasteiger partial charge in [-0.1, -0.05) is 0 Å². The van der Waals surface area contributed by atoms with Crippen molar-refractivity contribution in [1.29, 1.82) is 0 Å². The van der Waals surface area contributed by atoms with Gasteiger partial charge < -0.3 is 10.2 Å². The smallest absolute Gasteiger partial charge is 0.158 e. The molecule has 6 heteroatoms. The predicted molar refractivity (Wildman–Crippen MR) is 65.2 cm³/mol. The van der Waals surface area contributed by atoms with E-state index >= 15 is 0 Å². The van der Waals surface area contributed by atoms with Crippen molar-refractivity contribution in [2.24, 2.45) is 5.84 Å². The molecule has 0 radical (unpaired) electrons. The molecule has 94 valence electrons. The lowest BCUT2D eigenvalue weighted by Gasteiger charge is -2.41. The molecule has 2 rings (SSSR count). The van der Waals surface area contributed by atoms with Gasteiger partial charge in [-0.05, 0) is 13.8 Å². The molecule has 0 aromatic carbocycles. The van der Waals surface area contributed by atoms with Gasteiger partial charge in [0.2, 0.25) is 0 Å². The lowest BCUT2D eigenvalue weighted by molar-refractivity contribution is -0.0558. The zero-order valence-electron chi connectivity index (χ0n) is 10.3. The summed E-state index contributed by atoms with van der Waals surface area (Å²) in [5.41, 5.74) is 3.46. The van der Waals surface area contributed by atoms with Gasteiger partial charge in [0.05, 0.1) is 31.3 Å². The van der Waals surface area contributed by atoms with Crippen LogP contribution in [0.5, 0.6) is 0 Å². The zero-order valence-corrected chi connectivity index (χ0v) is 10.3. The van der Waals surface area contributed by atoms with Gasteiger partial charge in [-0.15, -0.1) is 0 Å². The predicted octanol–water partition coefficient (Wildman–Crippen LogP) is 0.373. The highest BCUT2D eigenvalue weighted by Crippen LogP contribution is 2.20. The minimum atomic E-state index is 0.0463. The third kappa shape index (κ3) is 2.91. The minimum Gasteiger partial charge on any atom is -0.378 e. The molecule has 6 nitrogen and oxygen atoms in total. The van der Waals surface area contributed by atoms with Crippen molar-refractivity contribution in [1.82, 2.24) is 14.9 Å². The quantitative estimate of drug-likeness (QED) is 0.584. The van der Waals surface area contributed by atoms with Crippen LogP contribution in [-0.4, -0.2) is 40.2 Å². The van der Waals surface area contributed by atoms with E-state index in [1.165, 1.54) is 0 Å². The van der Waals surface area contributed by atoms with Crippen molar-refractivity contribution in [3.63, 3.8) is 0 Å². The number of rotatable bonds is 3. The van der Waals surface area contributed by atoms with E-state index in [1.54, 1.807) is 12.4 Å². The number of nitrogens with zero attached hydrogens (tertiary/aromatic N) is 3. The Bertz CT molecular complexity index is 365. The van der Waals surface area contributed by atoms with Crippen LogP contribution in [-0.2, 0) is 11.3 Å². The van der Waals surface area contributed by atoms with Crippen molar-refractivity contribution >= 4 is 5.82 Å². The number of nitrogens with two attached hydrogens (primary N) is 1. The summed E-state index contributed by atoms with van der Waals surface area (Å²) < 4.78 is 5.48. The van der Waals surface area contributed by atoms with Crippen molar-refractivity contribution in [3.8, 4) is 0 Å². The maximum atomic E-state index is 5.48. The van der Waals surface area contributed by atoms with Gasteiger partial charge in [-0.2, -0.15) is 0 Å². The standard InChI is InChI=1S/C11H19N5O/c1-11(2)8-17-4-3-16(11)7-9-5-14-10(15-12)6-13-9/h5-6H,3-4,7-8,12H2,1-2H3,(H,14,15). The van der Waals surface area contributed by atoms with E-state index in [2.05, 4.69) is 34.1 Å². The van der Waals surface area contributed by atoms with E-state index in [0.29, 0.717) is 5.82 Å². The minimum absolute atomic E-state index is 0.0463. The molecule has 0 spiro atoms. The fourth-order valence-electron chi connectivity index (χ4n) is 1.89. The van der Waals surface area contributed by atoms with E-state index in [4.69, 9.17) is 10.6 Å². The Labute approximate surface area is 101 Å². The Balaban J connectivity index is 2.03. The summed E-state index contributed by atoms with van der Waals surface area (Å²) in [4.78, 5) is 10.8. The molecule has 1 aliphatic heterocycles. The first-order valence-electron chi connectivity index (χ1n) is 5.72. The molecule has 3 N–H and O–H groups in total. The summed E-state index contributed by atoms with van der Waals surface area (Å²) in [5, 5.41) is 0. The van der Waals surface area contributed by atoms with E-state index in [-0.39, 0.29) is 5.54 Å². The Morgan fingerprint density at radius 2 is 2.29 bits per heavy atom. The molecule has 1 saturated heterocycles. The fourth-order valence-corrected chi connectivity index (χ4v) is 1.89. The zero-order chi connectivity index (χ0) is 12.3. The normalized spacial score (nSPS) is 20.2. The van der Waals surface area contributed by atoms with E-state index in [0.717, 1.165) is 32.0 Å². The van der Waals surface area contributed by atoms with Gasteiger partial charge in [-0.3, -0.25) is 9.88 Å². The van der Waals surface area contributed by atoms with Gasteiger partial charge >= 0.3 is 0 Å². The lowest BCUT2D eigenvalue weighted by atomic mass is 10.0. The molecule has 1 fully saturated rings. The van der Waals surface area contributed by atoms with Crippen LogP contribution >= 0.6 is 0 Å². The second-order valence-corrected chi connectivity index (χ2v) is 4.82. The summed E-state index contributed by atoms with van der Waals surface area (Å²) >= 11 is 0. The van der Waals surface area contributed by atoms with Crippen LogP contribution in [0.3, 0.4) is 0 Å². The maximum Gasteiger partial charge on any atom is 0.158 e. The van der Waals surface area contributed by atoms with Crippen molar-refractivity contribution < 1.29 is 4.74 Å². The first kappa shape index (κ1) is 12.2. The average Bonchev–Trinajstić information content (AvgIpc) is 2.33. The van der Waals surface area contributed by atoms with E-state index in [9.17, 15) is 0 Å². The molecular formula is C11H19N5O. The summed E-state index contributed by atoms with van der Waals surface area (Å²) in [7, 11) is 0. The van der Waals surface area contributed by atoms with E-state index in [1.807, 2.05) is 0 Å². The number of hydrogen-bond acceptors (Lipinski definition) is 6. The highest BCUT2D eigenvalue weighted by atomic mass is 16.5. The molecule has 0 bridgehead atoms. The molecule has 17 heavy (non-hydrogen) atoms. The topological polar surface area (TPSA) is 76.3 Å². The first-order chi connectivity index (χ1) is 8.12. The highest BCUT2D eigenvalue weighted by Gasteiger charge is 2.30. The summed E-state index contributed by atoms with van der Waals surface area (Å²) in [6.45, 7) is 7.59. The fraction of sp³-hybridized carbons (Fsp3) is 0.636. The molecule has 2 heterocycles. The van der Waals surface area contributed by atoms with Gasteiger partial charge in [0.15, 0.2) is 5.82 Å². The van der Waals surface area contributed by atoms with Crippen LogP contribution in [0.25, 0.3) is 0 Å². The summed E-state index contributed by atoms with van der Waals surface area (Å²) in [5.74, 6) is 5.83. The average molecular weight is 237 g/mol. The molecule has 0 amide bonds. The summed E-state index contributed by atoms with van der Waals surface area (Å²) in [6, 6.07) is 0. The van der Waals surface area contributed by atoms with Crippen LogP contribution in [0.1, 0.15) is 19.5 Å². The number of ether oxygens (including phenoxy) is 1. The number of morpholine rings is 1. The molecule has 0 atom stereocenters. The molecule has 0 saturated carbocycles. The van der Waals surface area contributed by atoms with Crippen molar-refractivity contribution in [3.05, 3.63) is 18.1 Å². The molecule has 0 unspecified atom stereocenters. The van der Waals surface area contributed by atoms with Crippen LogP contribution in [0.4, 0.5) is 5.82 Å². The Morgan fingerprint density at radius 3 is 2.88 bits per heavy atom. The second-order valence-electron chi connectivity index (χ2n) is 4.82. The van der Waals surface area contributed by atoms with Gasteiger partial charge in [0.1, 0.15) is 0 Å². The SMILES string of the molecule is CC1(C)COCCN1Cc1cnc(NN)cn1. The van der Waals surface area contributed by atoms with Crippen molar-refractivity contribution in [2.45, 2.75) is 25.9 Å². The lowest BCUT2D eigenvalue weighted by Crippen LogP contribution is -2.52. The second kappa shape index (κ2) is 4.95. The van der Waals surface area contributed by atoms with Crippen LogP contribution in [0.2, 0.25) is 0 Å². The molecular weight excluding hydrogens is 218 g/mol. The highest BCUT2D eigenvalue weighted by molar-refractivity contribution is 5.28. The van der Waals surface area contributed by atoms with Crippen molar-refractivity contribution in [2.75, 3.05) is 25.2 Å². The number of nitrogens with one attached hydrogen (secondary N) is 1. The number of aromatic nitrogens is 2. The Kier molecular flexibility index (Phi) is 3.56. The molecule has 0 aliphatic carbocycles. The monoisotopic (exact) mass is 237 g/mol. The Morgan fingerprint density at radius 1 is 1.47 bits per heavy atom. The Hall–Kier alpha value is -1.24. The van der Waals surface area contributed by atoms with Crippen LogP contribution in [0.15, 0.2) is 12.4 Å². The summed E-state index contributed by atoms with van der Waals surface area (Å²) in [6.07, 6.45) is 3.39.